The van der Waals surface area contributed by atoms with Gasteiger partial charge in [-0.05, 0) is 12.8 Å². The topological polar surface area (TPSA) is 18.5 Å². The normalized spacial score (nSPS) is 29.5. The highest BCUT2D eigenvalue weighted by molar-refractivity contribution is 4.69. The van der Waals surface area contributed by atoms with Crippen LogP contribution in [0, 0.1) is 5.92 Å². The van der Waals surface area contributed by atoms with Gasteiger partial charge in [-0.25, -0.2) is 0 Å². The third-order valence-corrected chi connectivity index (χ3v) is 2.57. The molecule has 0 aromatic heterocycles. The molecule has 2 heteroatoms. The van der Waals surface area contributed by atoms with Crippen molar-refractivity contribution in [1.82, 2.24) is 0 Å². The van der Waals surface area contributed by atoms with Crippen molar-refractivity contribution >= 4 is 0 Å². The van der Waals surface area contributed by atoms with Gasteiger partial charge in [0.05, 0.1) is 6.61 Å². The smallest absolute Gasteiger partial charge is 0.160 e. The maximum atomic E-state index is 5.42. The first-order valence-corrected chi connectivity index (χ1v) is 5.03. The van der Waals surface area contributed by atoms with Crippen LogP contribution in [0.15, 0.2) is 0 Å². The van der Waals surface area contributed by atoms with E-state index < -0.39 is 0 Å². The zero-order chi connectivity index (χ0) is 8.81. The Bertz CT molecular complexity index is 114. The molecule has 2 atom stereocenters. The summed E-state index contributed by atoms with van der Waals surface area (Å²) in [5.74, 6) is 0.654. The Morgan fingerprint density at radius 1 is 1.42 bits per heavy atom. The number of unbranched alkanes of at least 4 members (excludes halogenated alkanes) is 2. The molecule has 0 aliphatic carbocycles. The molecule has 1 rings (SSSR count). The monoisotopic (exact) mass is 172 g/mol. The fourth-order valence-corrected chi connectivity index (χ4v) is 1.81. The quantitative estimate of drug-likeness (QED) is 0.593. The molecule has 72 valence electrons. The summed E-state index contributed by atoms with van der Waals surface area (Å²) in [6, 6.07) is 0. The van der Waals surface area contributed by atoms with Crippen molar-refractivity contribution < 1.29 is 9.47 Å². The van der Waals surface area contributed by atoms with Gasteiger partial charge in [-0.2, -0.15) is 0 Å². The first kappa shape index (κ1) is 10.0. The molecule has 0 aromatic rings. The van der Waals surface area contributed by atoms with Crippen LogP contribution in [0.3, 0.4) is 0 Å². The van der Waals surface area contributed by atoms with Crippen molar-refractivity contribution in [2.45, 2.75) is 45.3 Å². The lowest BCUT2D eigenvalue weighted by Gasteiger charge is -2.15. The van der Waals surface area contributed by atoms with E-state index >= 15 is 0 Å². The molecule has 2 unspecified atom stereocenters. The van der Waals surface area contributed by atoms with Crippen LogP contribution in [0.1, 0.15) is 39.0 Å². The Morgan fingerprint density at radius 3 is 2.92 bits per heavy atom. The van der Waals surface area contributed by atoms with Gasteiger partial charge < -0.3 is 9.47 Å². The van der Waals surface area contributed by atoms with Gasteiger partial charge in [0.25, 0.3) is 0 Å². The molecule has 0 radical (unpaired) electrons. The van der Waals surface area contributed by atoms with Crippen LogP contribution in [-0.4, -0.2) is 20.0 Å². The van der Waals surface area contributed by atoms with Crippen LogP contribution < -0.4 is 0 Å². The van der Waals surface area contributed by atoms with E-state index in [0.717, 1.165) is 6.61 Å². The van der Waals surface area contributed by atoms with Crippen molar-refractivity contribution in [3.63, 3.8) is 0 Å². The summed E-state index contributed by atoms with van der Waals surface area (Å²) < 4.78 is 10.7. The van der Waals surface area contributed by atoms with Crippen LogP contribution >= 0.6 is 0 Å². The molecular weight excluding hydrogens is 152 g/mol. The molecule has 0 aromatic carbocycles. The molecule has 0 bridgehead atoms. The summed E-state index contributed by atoms with van der Waals surface area (Å²) in [5, 5.41) is 0. The molecule has 1 saturated heterocycles. The standard InChI is InChI=1S/C10H20O2/c1-3-4-5-6-9-7-8-12-10(9)11-2/h9-10H,3-8H2,1-2H3. The van der Waals surface area contributed by atoms with Crippen molar-refractivity contribution in [2.24, 2.45) is 5.92 Å². The first-order chi connectivity index (χ1) is 5.88. The van der Waals surface area contributed by atoms with Crippen molar-refractivity contribution in [2.75, 3.05) is 13.7 Å². The first-order valence-electron chi connectivity index (χ1n) is 5.03. The van der Waals surface area contributed by atoms with Gasteiger partial charge in [0.2, 0.25) is 0 Å². The molecule has 0 saturated carbocycles. The van der Waals surface area contributed by atoms with E-state index in [1.165, 1.54) is 32.1 Å². The molecule has 2 nitrogen and oxygen atoms in total. The van der Waals surface area contributed by atoms with Gasteiger partial charge in [-0.1, -0.05) is 26.2 Å². The average molecular weight is 172 g/mol. The summed E-state index contributed by atoms with van der Waals surface area (Å²) >= 11 is 0. The molecule has 1 fully saturated rings. The second kappa shape index (κ2) is 5.55. The number of rotatable bonds is 5. The maximum Gasteiger partial charge on any atom is 0.160 e. The third kappa shape index (κ3) is 2.76. The van der Waals surface area contributed by atoms with Gasteiger partial charge in [0, 0.05) is 13.0 Å². The minimum Gasteiger partial charge on any atom is -0.356 e. The Morgan fingerprint density at radius 2 is 2.25 bits per heavy atom. The van der Waals surface area contributed by atoms with E-state index in [-0.39, 0.29) is 6.29 Å². The van der Waals surface area contributed by atoms with E-state index in [0.29, 0.717) is 5.92 Å². The van der Waals surface area contributed by atoms with E-state index in [9.17, 15) is 0 Å². The largest absolute Gasteiger partial charge is 0.356 e. The molecule has 0 spiro atoms. The van der Waals surface area contributed by atoms with Gasteiger partial charge in [-0.15, -0.1) is 0 Å². The molecule has 12 heavy (non-hydrogen) atoms. The number of hydrogen-bond acceptors (Lipinski definition) is 2. The zero-order valence-electron chi connectivity index (χ0n) is 8.21. The summed E-state index contributed by atoms with van der Waals surface area (Å²) in [4.78, 5) is 0. The predicted molar refractivity (Wildman–Crippen MR) is 49.0 cm³/mol. The van der Waals surface area contributed by atoms with Gasteiger partial charge in [0.1, 0.15) is 0 Å². The third-order valence-electron chi connectivity index (χ3n) is 2.57. The lowest BCUT2D eigenvalue weighted by molar-refractivity contribution is -0.111. The summed E-state index contributed by atoms with van der Waals surface area (Å²) in [5.41, 5.74) is 0. The molecule has 1 heterocycles. The van der Waals surface area contributed by atoms with Crippen LogP contribution in [0.25, 0.3) is 0 Å². The zero-order valence-corrected chi connectivity index (χ0v) is 8.21. The average Bonchev–Trinajstić information content (AvgIpc) is 2.52. The fraction of sp³-hybridized carbons (Fsp3) is 1.00. The van der Waals surface area contributed by atoms with E-state index in [1.54, 1.807) is 7.11 Å². The molecular formula is C10H20O2. The van der Waals surface area contributed by atoms with E-state index in [2.05, 4.69) is 6.92 Å². The number of methoxy groups -OCH3 is 1. The van der Waals surface area contributed by atoms with Gasteiger partial charge in [0.15, 0.2) is 6.29 Å². The number of hydrogen-bond donors (Lipinski definition) is 0. The lowest BCUT2D eigenvalue weighted by atomic mass is 9.99. The minimum absolute atomic E-state index is 0.0851. The molecule has 1 aliphatic rings. The van der Waals surface area contributed by atoms with Crippen LogP contribution in [0.2, 0.25) is 0 Å². The fourth-order valence-electron chi connectivity index (χ4n) is 1.81. The highest BCUT2D eigenvalue weighted by atomic mass is 16.7. The summed E-state index contributed by atoms with van der Waals surface area (Å²) in [6.45, 7) is 3.12. The Hall–Kier alpha value is -0.0800. The Kier molecular flexibility index (Phi) is 4.62. The Labute approximate surface area is 75.2 Å². The van der Waals surface area contributed by atoms with Crippen molar-refractivity contribution in [3.05, 3.63) is 0 Å². The highest BCUT2D eigenvalue weighted by Crippen LogP contribution is 2.26. The second-order valence-electron chi connectivity index (χ2n) is 3.52. The van der Waals surface area contributed by atoms with Crippen LogP contribution in [0.4, 0.5) is 0 Å². The number of ether oxygens (including phenoxy) is 2. The van der Waals surface area contributed by atoms with E-state index in [4.69, 9.17) is 9.47 Å². The summed E-state index contributed by atoms with van der Waals surface area (Å²) in [7, 11) is 1.74. The lowest BCUT2D eigenvalue weighted by Crippen LogP contribution is -2.17. The Balaban J connectivity index is 2.12. The maximum absolute atomic E-state index is 5.42. The SMILES string of the molecule is CCCCCC1CCOC1OC. The predicted octanol–water partition coefficient (Wildman–Crippen LogP) is 2.58. The molecule has 0 amide bonds. The highest BCUT2D eigenvalue weighted by Gasteiger charge is 2.26. The molecule has 1 aliphatic heterocycles. The minimum atomic E-state index is 0.0851. The van der Waals surface area contributed by atoms with Gasteiger partial charge >= 0.3 is 0 Å². The van der Waals surface area contributed by atoms with Crippen molar-refractivity contribution in [1.29, 1.82) is 0 Å². The van der Waals surface area contributed by atoms with Crippen molar-refractivity contribution in [3.8, 4) is 0 Å². The van der Waals surface area contributed by atoms with Gasteiger partial charge in [-0.3, -0.25) is 0 Å². The van der Waals surface area contributed by atoms with Crippen LogP contribution in [0.5, 0.6) is 0 Å². The summed E-state index contributed by atoms with van der Waals surface area (Å²) in [6.07, 6.45) is 6.50. The molecule has 0 N–H and O–H groups in total. The second-order valence-corrected chi connectivity index (χ2v) is 3.52. The van der Waals surface area contributed by atoms with Crippen LogP contribution in [-0.2, 0) is 9.47 Å². The van der Waals surface area contributed by atoms with E-state index in [1.807, 2.05) is 0 Å².